The number of likely N-dealkylation sites (tertiary alicyclic amines) is 1. The normalized spacial score (nSPS) is 18.0. The summed E-state index contributed by atoms with van der Waals surface area (Å²) in [6, 6.07) is 8.71. The minimum Gasteiger partial charge on any atom is -0.496 e. The fraction of sp³-hybridized carbons (Fsp3) is 0.480. The van der Waals surface area contributed by atoms with Crippen LogP contribution < -0.4 is 9.47 Å². The molecule has 0 atom stereocenters. The zero-order valence-electron chi connectivity index (χ0n) is 20.3. The first kappa shape index (κ1) is 26.1. The molecule has 2 fully saturated rings. The summed E-state index contributed by atoms with van der Waals surface area (Å²) in [5.74, 6) is 1.57. The van der Waals surface area contributed by atoms with Crippen molar-refractivity contribution in [1.82, 2.24) is 9.21 Å². The monoisotopic (exact) mass is 540 g/mol. The zero-order valence-corrected chi connectivity index (χ0v) is 22.6. The number of hydrogen-bond acceptors (Lipinski definition) is 5. The minimum absolute atomic E-state index is 0.0363. The summed E-state index contributed by atoms with van der Waals surface area (Å²) in [4.78, 5) is 15.0. The van der Waals surface area contributed by atoms with E-state index in [9.17, 15) is 13.2 Å². The lowest BCUT2D eigenvalue weighted by Gasteiger charge is -2.53. The number of amides is 1. The number of methoxy groups -OCH3 is 1. The Morgan fingerprint density at radius 2 is 1.74 bits per heavy atom. The third-order valence-corrected chi connectivity index (χ3v) is 8.89. The van der Waals surface area contributed by atoms with Crippen molar-refractivity contribution in [3.05, 3.63) is 51.5 Å². The van der Waals surface area contributed by atoms with Crippen molar-refractivity contribution >= 4 is 39.1 Å². The molecule has 4 rings (SSSR count). The highest BCUT2D eigenvalue weighted by Gasteiger charge is 2.48. The lowest BCUT2D eigenvalue weighted by Crippen LogP contribution is -2.62. The number of benzene rings is 2. The molecule has 0 bridgehead atoms. The number of carbonyl (C=O) groups excluding carboxylic acids is 1. The molecule has 1 amide bonds. The van der Waals surface area contributed by atoms with Crippen molar-refractivity contribution < 1.29 is 22.7 Å². The summed E-state index contributed by atoms with van der Waals surface area (Å²) in [5.41, 5.74) is 1.27. The molecular weight excluding hydrogens is 511 g/mol. The molecule has 2 aromatic carbocycles. The molecule has 2 saturated heterocycles. The molecule has 190 valence electrons. The van der Waals surface area contributed by atoms with E-state index in [1.807, 2.05) is 12.1 Å². The number of nitrogens with zero attached hydrogens (tertiary/aromatic N) is 2. The fourth-order valence-electron chi connectivity index (χ4n) is 4.82. The molecule has 2 heterocycles. The molecule has 35 heavy (non-hydrogen) atoms. The van der Waals surface area contributed by atoms with Crippen molar-refractivity contribution in [1.29, 1.82) is 0 Å². The molecule has 0 aromatic heterocycles. The summed E-state index contributed by atoms with van der Waals surface area (Å²) in [7, 11) is -1.56. The molecule has 1 spiro atoms. The molecule has 7 nitrogen and oxygen atoms in total. The Bertz CT molecular complexity index is 1230. The lowest BCUT2D eigenvalue weighted by atomic mass is 9.72. The van der Waals surface area contributed by atoms with E-state index in [2.05, 4.69) is 13.8 Å². The molecule has 2 aromatic rings. The molecule has 0 saturated carbocycles. The number of carbonyl (C=O) groups is 1. The second-order valence-electron chi connectivity index (χ2n) is 9.72. The van der Waals surface area contributed by atoms with Gasteiger partial charge < -0.3 is 14.4 Å². The summed E-state index contributed by atoms with van der Waals surface area (Å²) in [6.45, 7) is 6.25. The third kappa shape index (κ3) is 5.26. The highest BCUT2D eigenvalue weighted by molar-refractivity contribution is 7.88. The van der Waals surface area contributed by atoms with Crippen molar-refractivity contribution in [2.24, 2.45) is 5.41 Å². The largest absolute Gasteiger partial charge is 0.496 e. The molecule has 2 aliphatic heterocycles. The van der Waals surface area contributed by atoms with Crippen LogP contribution in [0.3, 0.4) is 0 Å². The Morgan fingerprint density at radius 3 is 2.31 bits per heavy atom. The van der Waals surface area contributed by atoms with Gasteiger partial charge in [0.25, 0.3) is 5.91 Å². The van der Waals surface area contributed by atoms with Crippen LogP contribution in [0.4, 0.5) is 0 Å². The maximum atomic E-state index is 13.3. The van der Waals surface area contributed by atoms with Gasteiger partial charge in [-0.3, -0.25) is 4.79 Å². The summed E-state index contributed by atoms with van der Waals surface area (Å²) in [5, 5.41) is 0.471. The van der Waals surface area contributed by atoms with Crippen LogP contribution in [0.15, 0.2) is 30.3 Å². The standard InChI is InChI=1S/C25H30Cl2N2O5S/c1-16(2)19-13-17(5-8-21(19)33-3)34-23-20(26)7-6-18(22(23)27)24(30)28-14-25(15-28)9-11-29(12-10-25)35(4,31)32/h5-8,13,16H,9-12,14-15H2,1-4H3. The minimum atomic E-state index is -3.18. The Balaban J connectivity index is 1.49. The Labute approximate surface area is 216 Å². The highest BCUT2D eigenvalue weighted by Crippen LogP contribution is 2.44. The highest BCUT2D eigenvalue weighted by atomic mass is 35.5. The van der Waals surface area contributed by atoms with Crippen molar-refractivity contribution in [3.8, 4) is 17.2 Å². The van der Waals surface area contributed by atoms with Gasteiger partial charge in [-0.15, -0.1) is 0 Å². The van der Waals surface area contributed by atoms with E-state index in [-0.39, 0.29) is 28.0 Å². The van der Waals surface area contributed by atoms with Gasteiger partial charge in [0.05, 0.1) is 29.0 Å². The van der Waals surface area contributed by atoms with Crippen LogP contribution in [-0.2, 0) is 10.0 Å². The molecule has 0 N–H and O–H groups in total. The first-order chi connectivity index (χ1) is 16.4. The zero-order chi connectivity index (χ0) is 25.5. The van der Waals surface area contributed by atoms with Crippen molar-refractivity contribution in [3.63, 3.8) is 0 Å². The number of piperidine rings is 1. The first-order valence-electron chi connectivity index (χ1n) is 11.5. The van der Waals surface area contributed by atoms with Gasteiger partial charge in [0, 0.05) is 37.2 Å². The van der Waals surface area contributed by atoms with Gasteiger partial charge in [0.15, 0.2) is 5.75 Å². The molecular formula is C25H30Cl2N2O5S. The Hall–Kier alpha value is -2.00. The second kappa shape index (κ2) is 9.81. The SMILES string of the molecule is COc1ccc(Oc2c(Cl)ccc(C(=O)N3CC4(CCN(S(C)(=O)=O)CC4)C3)c2Cl)cc1C(C)C. The Kier molecular flexibility index (Phi) is 7.31. The Morgan fingerprint density at radius 1 is 1.09 bits per heavy atom. The first-order valence-corrected chi connectivity index (χ1v) is 14.1. The second-order valence-corrected chi connectivity index (χ2v) is 12.5. The van der Waals surface area contributed by atoms with Crippen LogP contribution >= 0.6 is 23.2 Å². The quantitative estimate of drug-likeness (QED) is 0.489. The van der Waals surface area contributed by atoms with Gasteiger partial charge in [-0.2, -0.15) is 0 Å². The van der Waals surface area contributed by atoms with E-state index in [1.165, 1.54) is 10.6 Å². The van der Waals surface area contributed by atoms with Gasteiger partial charge >= 0.3 is 0 Å². The van der Waals surface area contributed by atoms with Crippen LogP contribution in [-0.4, -0.2) is 63.1 Å². The number of sulfonamides is 1. The molecule has 0 unspecified atom stereocenters. The maximum absolute atomic E-state index is 13.3. The van der Waals surface area contributed by atoms with E-state index in [0.717, 1.165) is 24.2 Å². The average Bonchev–Trinajstić information content (AvgIpc) is 2.79. The van der Waals surface area contributed by atoms with Crippen LogP contribution in [0.5, 0.6) is 17.2 Å². The molecule has 2 aliphatic rings. The van der Waals surface area contributed by atoms with Crippen LogP contribution in [0.25, 0.3) is 0 Å². The van der Waals surface area contributed by atoms with Gasteiger partial charge in [-0.05, 0) is 49.1 Å². The van der Waals surface area contributed by atoms with E-state index < -0.39 is 10.0 Å². The molecule has 0 aliphatic carbocycles. The van der Waals surface area contributed by atoms with Crippen LogP contribution in [0.1, 0.15) is 48.5 Å². The topological polar surface area (TPSA) is 76.2 Å². The van der Waals surface area contributed by atoms with E-state index in [1.54, 1.807) is 30.2 Å². The predicted molar refractivity (Wildman–Crippen MR) is 138 cm³/mol. The van der Waals surface area contributed by atoms with Gasteiger partial charge in [0.1, 0.15) is 11.5 Å². The van der Waals surface area contributed by atoms with Gasteiger partial charge in [0.2, 0.25) is 10.0 Å². The van der Waals surface area contributed by atoms with Gasteiger partial charge in [-0.1, -0.05) is 37.0 Å². The van der Waals surface area contributed by atoms with Crippen LogP contribution in [0, 0.1) is 5.41 Å². The number of halogens is 2. The van der Waals surface area contributed by atoms with Crippen molar-refractivity contribution in [2.45, 2.75) is 32.6 Å². The fourth-order valence-corrected chi connectivity index (χ4v) is 6.20. The molecule has 0 radical (unpaired) electrons. The van der Waals surface area contributed by atoms with E-state index in [0.29, 0.717) is 42.5 Å². The number of ether oxygens (including phenoxy) is 2. The third-order valence-electron chi connectivity index (χ3n) is 6.91. The van der Waals surface area contributed by atoms with E-state index >= 15 is 0 Å². The van der Waals surface area contributed by atoms with Gasteiger partial charge in [-0.25, -0.2) is 12.7 Å². The van der Waals surface area contributed by atoms with Crippen LogP contribution in [0.2, 0.25) is 10.0 Å². The maximum Gasteiger partial charge on any atom is 0.255 e. The predicted octanol–water partition coefficient (Wildman–Crippen LogP) is 5.42. The summed E-state index contributed by atoms with van der Waals surface area (Å²) in [6.07, 6.45) is 2.71. The lowest BCUT2D eigenvalue weighted by molar-refractivity contribution is -0.0211. The van der Waals surface area contributed by atoms with Crippen molar-refractivity contribution in [2.75, 3.05) is 39.5 Å². The molecule has 10 heteroatoms. The number of rotatable bonds is 6. The number of hydrogen-bond donors (Lipinski definition) is 0. The smallest absolute Gasteiger partial charge is 0.255 e. The average molecular weight is 541 g/mol. The summed E-state index contributed by atoms with van der Waals surface area (Å²) < 4.78 is 36.6. The summed E-state index contributed by atoms with van der Waals surface area (Å²) >= 11 is 13.0. The van der Waals surface area contributed by atoms with E-state index in [4.69, 9.17) is 32.7 Å².